The topological polar surface area (TPSA) is 59.8 Å². The Morgan fingerprint density at radius 1 is 0.906 bits per heavy atom. The maximum absolute atomic E-state index is 12.6. The normalized spacial score (nSPS) is 11.8. The van der Waals surface area contributed by atoms with Crippen LogP contribution in [0.15, 0.2) is 84.0 Å². The number of hydrogen-bond acceptors (Lipinski definition) is 4. The van der Waals surface area contributed by atoms with Crippen molar-refractivity contribution in [2.24, 2.45) is 0 Å². The lowest BCUT2D eigenvalue weighted by Crippen LogP contribution is -2.28. The largest absolute Gasteiger partial charge is 0.349 e. The van der Waals surface area contributed by atoms with E-state index < -0.39 is 0 Å². The molecule has 1 N–H and O–H groups in total. The fourth-order valence-corrected chi connectivity index (χ4v) is 4.33. The van der Waals surface area contributed by atoms with E-state index in [-0.39, 0.29) is 17.7 Å². The van der Waals surface area contributed by atoms with Gasteiger partial charge in [-0.1, -0.05) is 84.1 Å². The molecule has 1 atom stereocenters. The minimum absolute atomic E-state index is 0.0363. The van der Waals surface area contributed by atoms with Crippen LogP contribution in [0.4, 0.5) is 0 Å². The van der Waals surface area contributed by atoms with E-state index in [1.165, 1.54) is 22.9 Å². The van der Waals surface area contributed by atoms with Gasteiger partial charge in [0.25, 0.3) is 0 Å². The van der Waals surface area contributed by atoms with E-state index in [2.05, 4.69) is 71.0 Å². The number of nitrogens with one attached hydrogen (secondary N) is 1. The summed E-state index contributed by atoms with van der Waals surface area (Å²) in [6.45, 7) is 5.97. The molecule has 0 radical (unpaired) electrons. The molecule has 3 aromatic carbocycles. The Balaban J connectivity index is 1.37. The summed E-state index contributed by atoms with van der Waals surface area (Å²) in [6, 6.07) is 26.7. The van der Waals surface area contributed by atoms with Crippen LogP contribution in [0.25, 0.3) is 16.8 Å². The van der Waals surface area contributed by atoms with Crippen LogP contribution in [0.5, 0.6) is 0 Å². The summed E-state index contributed by atoms with van der Waals surface area (Å²) in [4.78, 5) is 12.6. The Labute approximate surface area is 192 Å². The summed E-state index contributed by atoms with van der Waals surface area (Å²) in [7, 11) is 0. The lowest BCUT2D eigenvalue weighted by molar-refractivity contribution is -0.119. The molecule has 1 amide bonds. The first-order chi connectivity index (χ1) is 15.5. The Bertz CT molecular complexity index is 1180. The van der Waals surface area contributed by atoms with Crippen molar-refractivity contribution in [3.8, 4) is 16.8 Å². The maximum atomic E-state index is 12.6. The number of thioether (sulfide) groups is 1. The van der Waals surface area contributed by atoms with Gasteiger partial charge in [-0.25, -0.2) is 0 Å². The quantitative estimate of drug-likeness (QED) is 0.383. The van der Waals surface area contributed by atoms with E-state index in [4.69, 9.17) is 0 Å². The number of aromatic nitrogens is 3. The lowest BCUT2D eigenvalue weighted by Gasteiger charge is -2.15. The fraction of sp³-hybridized carbons (Fsp3) is 0.192. The van der Waals surface area contributed by atoms with Crippen molar-refractivity contribution in [1.82, 2.24) is 20.1 Å². The molecular formula is C26H26N4OS. The molecule has 1 aromatic heterocycles. The second-order valence-corrected chi connectivity index (χ2v) is 8.71. The summed E-state index contributed by atoms with van der Waals surface area (Å²) < 4.78 is 1.98. The number of aryl methyl sites for hydroxylation is 2. The lowest BCUT2D eigenvalue weighted by atomic mass is 10.0. The monoisotopic (exact) mass is 442 g/mol. The first kappa shape index (κ1) is 21.8. The fourth-order valence-electron chi connectivity index (χ4n) is 3.52. The summed E-state index contributed by atoms with van der Waals surface area (Å²) in [5.74, 6) is 1.03. The summed E-state index contributed by atoms with van der Waals surface area (Å²) >= 11 is 1.39. The highest BCUT2D eigenvalue weighted by atomic mass is 32.2. The first-order valence-corrected chi connectivity index (χ1v) is 11.6. The van der Waals surface area contributed by atoms with Crippen molar-refractivity contribution in [3.05, 3.63) is 95.8 Å². The summed E-state index contributed by atoms with van der Waals surface area (Å²) in [5.41, 5.74) is 5.60. The number of nitrogens with zero attached hydrogens (tertiary/aromatic N) is 3. The van der Waals surface area contributed by atoms with Crippen LogP contribution in [-0.4, -0.2) is 26.4 Å². The van der Waals surface area contributed by atoms with Gasteiger partial charge in [0.2, 0.25) is 5.91 Å². The molecule has 4 rings (SSSR count). The van der Waals surface area contributed by atoms with Gasteiger partial charge in [0, 0.05) is 5.69 Å². The zero-order valence-corrected chi connectivity index (χ0v) is 19.3. The van der Waals surface area contributed by atoms with Crippen molar-refractivity contribution < 1.29 is 4.79 Å². The van der Waals surface area contributed by atoms with Crippen LogP contribution < -0.4 is 5.32 Å². The van der Waals surface area contributed by atoms with Crippen LogP contribution in [0, 0.1) is 13.8 Å². The molecule has 0 aliphatic rings. The van der Waals surface area contributed by atoms with Crippen LogP contribution in [0.3, 0.4) is 0 Å². The van der Waals surface area contributed by atoms with Crippen molar-refractivity contribution in [3.63, 3.8) is 0 Å². The van der Waals surface area contributed by atoms with Gasteiger partial charge in [-0.3, -0.25) is 9.36 Å². The van der Waals surface area contributed by atoms with Gasteiger partial charge in [-0.2, -0.15) is 0 Å². The Kier molecular flexibility index (Phi) is 6.71. The molecule has 0 spiro atoms. The van der Waals surface area contributed by atoms with E-state index in [9.17, 15) is 4.79 Å². The predicted molar refractivity (Wildman–Crippen MR) is 130 cm³/mol. The molecule has 0 aliphatic carbocycles. The Hall–Kier alpha value is -3.38. The maximum Gasteiger partial charge on any atom is 0.230 e. The van der Waals surface area contributed by atoms with E-state index in [0.29, 0.717) is 5.16 Å². The molecule has 32 heavy (non-hydrogen) atoms. The van der Waals surface area contributed by atoms with Crippen molar-refractivity contribution >= 4 is 17.7 Å². The third kappa shape index (κ3) is 5.08. The average molecular weight is 443 g/mol. The zero-order chi connectivity index (χ0) is 22.5. The highest BCUT2D eigenvalue weighted by molar-refractivity contribution is 7.99. The third-order valence-corrected chi connectivity index (χ3v) is 6.24. The zero-order valence-electron chi connectivity index (χ0n) is 18.4. The minimum Gasteiger partial charge on any atom is -0.349 e. The number of carbonyl (C=O) groups excluding carboxylic acids is 1. The van der Waals surface area contributed by atoms with Gasteiger partial charge >= 0.3 is 0 Å². The first-order valence-electron chi connectivity index (χ1n) is 10.6. The minimum atomic E-state index is -0.0790. The van der Waals surface area contributed by atoms with Crippen molar-refractivity contribution in [2.45, 2.75) is 32.0 Å². The summed E-state index contributed by atoms with van der Waals surface area (Å²) in [5, 5.41) is 12.2. The van der Waals surface area contributed by atoms with Gasteiger partial charge in [-0.15, -0.1) is 10.2 Å². The van der Waals surface area contributed by atoms with Crippen LogP contribution >= 0.6 is 11.8 Å². The molecule has 0 fully saturated rings. The Morgan fingerprint density at radius 3 is 2.25 bits per heavy atom. The number of hydrogen-bond donors (Lipinski definition) is 1. The average Bonchev–Trinajstić information content (AvgIpc) is 3.19. The SMILES string of the molecule is Cc1ccc(-n2c(C)nnc2SCC(=O)NC(C)c2ccc(-c3ccccc3)cc2)cc1. The smallest absolute Gasteiger partial charge is 0.230 e. The second kappa shape index (κ2) is 9.83. The van der Waals surface area contributed by atoms with Crippen LogP contribution in [0.1, 0.15) is 29.9 Å². The van der Waals surface area contributed by atoms with Gasteiger partial charge in [0.05, 0.1) is 11.8 Å². The molecule has 1 heterocycles. The van der Waals surface area contributed by atoms with Crippen LogP contribution in [-0.2, 0) is 4.79 Å². The van der Waals surface area contributed by atoms with Crippen molar-refractivity contribution in [1.29, 1.82) is 0 Å². The molecule has 0 saturated heterocycles. The Morgan fingerprint density at radius 2 is 1.56 bits per heavy atom. The van der Waals surface area contributed by atoms with Gasteiger partial charge in [-0.05, 0) is 49.6 Å². The molecule has 162 valence electrons. The van der Waals surface area contributed by atoms with Gasteiger partial charge < -0.3 is 5.32 Å². The highest BCUT2D eigenvalue weighted by Gasteiger charge is 2.15. The van der Waals surface area contributed by atoms with E-state index >= 15 is 0 Å². The molecular weight excluding hydrogens is 416 g/mol. The number of benzene rings is 3. The van der Waals surface area contributed by atoms with E-state index in [1.54, 1.807) is 0 Å². The van der Waals surface area contributed by atoms with E-state index in [1.807, 2.05) is 48.7 Å². The molecule has 1 unspecified atom stereocenters. The van der Waals surface area contributed by atoms with Gasteiger partial charge in [0.15, 0.2) is 5.16 Å². The third-order valence-electron chi connectivity index (χ3n) is 5.31. The molecule has 0 bridgehead atoms. The number of carbonyl (C=O) groups is 1. The van der Waals surface area contributed by atoms with Crippen molar-refractivity contribution in [2.75, 3.05) is 5.75 Å². The predicted octanol–water partition coefficient (Wildman–Crippen LogP) is 5.52. The van der Waals surface area contributed by atoms with Crippen LogP contribution in [0.2, 0.25) is 0 Å². The standard InChI is InChI=1S/C26H26N4OS/c1-18-9-15-24(16-10-18)30-20(3)28-29-26(30)32-17-25(31)27-19(2)21-11-13-23(14-12-21)22-7-5-4-6-8-22/h4-16,19H,17H2,1-3H3,(H,27,31). The summed E-state index contributed by atoms with van der Waals surface area (Å²) in [6.07, 6.45) is 0. The highest BCUT2D eigenvalue weighted by Crippen LogP contribution is 2.24. The van der Waals surface area contributed by atoms with E-state index in [0.717, 1.165) is 22.6 Å². The second-order valence-electron chi connectivity index (χ2n) is 7.77. The molecule has 5 nitrogen and oxygen atoms in total. The number of rotatable bonds is 7. The molecule has 0 saturated carbocycles. The van der Waals surface area contributed by atoms with Gasteiger partial charge in [0.1, 0.15) is 5.82 Å². The molecule has 4 aromatic rings. The molecule has 6 heteroatoms. The molecule has 0 aliphatic heterocycles. The number of amides is 1.